The van der Waals surface area contributed by atoms with Crippen LogP contribution in [0.25, 0.3) is 0 Å². The molecule has 0 amide bonds. The van der Waals surface area contributed by atoms with Crippen LogP contribution in [-0.4, -0.2) is 12.4 Å². The Kier molecular flexibility index (Phi) is 3.52. The van der Waals surface area contributed by atoms with E-state index < -0.39 is 0 Å². The minimum absolute atomic E-state index is 0.515. The quantitative estimate of drug-likeness (QED) is 0.808. The Morgan fingerprint density at radius 3 is 2.84 bits per heavy atom. The number of fused-ring (bicyclic) bond motifs is 1. The minimum atomic E-state index is 0.515. The van der Waals surface area contributed by atoms with E-state index in [0.29, 0.717) is 5.92 Å². The van der Waals surface area contributed by atoms with Gasteiger partial charge in [-0.2, -0.15) is 0 Å². The molecule has 1 aliphatic rings. The second-order valence-corrected chi connectivity index (χ2v) is 6.12. The molecule has 98 valence electrons. The molecule has 19 heavy (non-hydrogen) atoms. The molecule has 0 saturated carbocycles. The normalized spacial score (nSPS) is 17.3. The maximum atomic E-state index is 6.05. The number of thioether (sulfide) groups is 1. The molecule has 1 atom stereocenters. The van der Waals surface area contributed by atoms with Crippen molar-refractivity contribution in [3.63, 3.8) is 0 Å². The van der Waals surface area contributed by atoms with Crippen LogP contribution in [0.3, 0.4) is 0 Å². The Bertz CT molecular complexity index is 592. The van der Waals surface area contributed by atoms with Gasteiger partial charge in [0.15, 0.2) is 0 Å². The van der Waals surface area contributed by atoms with Gasteiger partial charge in [-0.15, -0.1) is 11.8 Å². The van der Waals surface area contributed by atoms with Crippen molar-refractivity contribution in [3.05, 3.63) is 59.2 Å². The lowest BCUT2D eigenvalue weighted by Crippen LogP contribution is -2.10. The highest BCUT2D eigenvalue weighted by atomic mass is 32.2. The van der Waals surface area contributed by atoms with Crippen molar-refractivity contribution in [2.75, 3.05) is 12.4 Å². The van der Waals surface area contributed by atoms with Gasteiger partial charge >= 0.3 is 0 Å². The van der Waals surface area contributed by atoms with E-state index >= 15 is 0 Å². The highest BCUT2D eigenvalue weighted by Crippen LogP contribution is 2.39. The Hall–Kier alpha value is -1.41. The van der Waals surface area contributed by atoms with Gasteiger partial charge in [-0.1, -0.05) is 30.3 Å². The van der Waals surface area contributed by atoms with Crippen molar-refractivity contribution < 1.29 is 4.74 Å². The molecule has 0 aliphatic carbocycles. The summed E-state index contributed by atoms with van der Waals surface area (Å²) in [7, 11) is 0. The number of hydrogen-bond acceptors (Lipinski definition) is 2. The molecular formula is C17H18OS. The Balaban J connectivity index is 1.73. The average molecular weight is 270 g/mol. The van der Waals surface area contributed by atoms with Crippen LogP contribution < -0.4 is 4.74 Å². The van der Waals surface area contributed by atoms with E-state index in [2.05, 4.69) is 56.3 Å². The maximum Gasteiger partial charge on any atom is 0.122 e. The summed E-state index contributed by atoms with van der Waals surface area (Å²) >= 11 is 1.94. The average Bonchev–Trinajstić information content (AvgIpc) is 2.84. The molecule has 0 radical (unpaired) electrons. The monoisotopic (exact) mass is 270 g/mol. The third kappa shape index (κ3) is 2.50. The number of hydrogen-bond donors (Lipinski definition) is 0. The van der Waals surface area contributed by atoms with Gasteiger partial charge in [-0.05, 0) is 42.7 Å². The van der Waals surface area contributed by atoms with E-state index in [-0.39, 0.29) is 0 Å². The van der Waals surface area contributed by atoms with Crippen LogP contribution in [0.1, 0.15) is 22.6 Å². The predicted octanol–water partition coefficient (Wildman–Crippen LogP) is 4.57. The number of rotatable bonds is 3. The summed E-state index contributed by atoms with van der Waals surface area (Å²) in [5.41, 5.74) is 3.98. The Morgan fingerprint density at radius 1 is 1.11 bits per heavy atom. The molecule has 0 fully saturated rings. The molecule has 2 heteroatoms. The van der Waals surface area contributed by atoms with Crippen LogP contribution in [0.2, 0.25) is 0 Å². The van der Waals surface area contributed by atoms with Crippen LogP contribution in [0, 0.1) is 13.8 Å². The van der Waals surface area contributed by atoms with E-state index in [4.69, 9.17) is 4.74 Å². The summed E-state index contributed by atoms with van der Waals surface area (Å²) in [6, 6.07) is 14.9. The lowest BCUT2D eigenvalue weighted by atomic mass is 10.0. The van der Waals surface area contributed by atoms with Gasteiger partial charge in [0, 0.05) is 16.6 Å². The molecule has 0 bridgehead atoms. The topological polar surface area (TPSA) is 9.23 Å². The van der Waals surface area contributed by atoms with Crippen LogP contribution in [-0.2, 0) is 0 Å². The summed E-state index contributed by atoms with van der Waals surface area (Å²) < 4.78 is 6.05. The van der Waals surface area contributed by atoms with Gasteiger partial charge in [0.05, 0.1) is 6.61 Å². The van der Waals surface area contributed by atoms with Gasteiger partial charge in [0.2, 0.25) is 0 Å². The van der Waals surface area contributed by atoms with Crippen LogP contribution >= 0.6 is 11.8 Å². The first-order valence-corrected chi connectivity index (χ1v) is 7.65. The van der Waals surface area contributed by atoms with Crippen molar-refractivity contribution in [1.29, 1.82) is 0 Å². The predicted molar refractivity (Wildman–Crippen MR) is 81.3 cm³/mol. The van der Waals surface area contributed by atoms with Crippen molar-refractivity contribution in [3.8, 4) is 5.75 Å². The van der Waals surface area contributed by atoms with Crippen molar-refractivity contribution >= 4 is 11.8 Å². The van der Waals surface area contributed by atoms with Crippen molar-refractivity contribution in [2.24, 2.45) is 0 Å². The summed E-state index contributed by atoms with van der Waals surface area (Å²) in [5.74, 6) is 2.67. The highest BCUT2D eigenvalue weighted by Gasteiger charge is 2.23. The third-order valence-electron chi connectivity index (χ3n) is 3.79. The SMILES string of the molecule is Cc1cccc(OCC2CSc3ccccc32)c1C. The molecule has 2 aromatic rings. The van der Waals surface area contributed by atoms with Gasteiger partial charge < -0.3 is 4.74 Å². The molecule has 3 rings (SSSR count). The molecule has 1 unspecified atom stereocenters. The van der Waals surface area contributed by atoms with E-state index in [0.717, 1.165) is 18.1 Å². The van der Waals surface area contributed by atoms with Gasteiger partial charge in [0.1, 0.15) is 5.75 Å². The van der Waals surface area contributed by atoms with Crippen LogP contribution in [0.4, 0.5) is 0 Å². The molecule has 2 aromatic carbocycles. The zero-order valence-electron chi connectivity index (χ0n) is 11.3. The zero-order chi connectivity index (χ0) is 13.2. The zero-order valence-corrected chi connectivity index (χ0v) is 12.2. The smallest absolute Gasteiger partial charge is 0.122 e. The van der Waals surface area contributed by atoms with E-state index in [9.17, 15) is 0 Å². The fraction of sp³-hybridized carbons (Fsp3) is 0.294. The molecule has 1 heterocycles. The molecular weight excluding hydrogens is 252 g/mol. The molecule has 1 nitrogen and oxygen atoms in total. The van der Waals surface area contributed by atoms with E-state index in [1.54, 1.807) is 0 Å². The van der Waals surface area contributed by atoms with Crippen LogP contribution in [0.5, 0.6) is 5.75 Å². The number of ether oxygens (including phenoxy) is 1. The summed E-state index contributed by atoms with van der Waals surface area (Å²) in [6.45, 7) is 5.03. The third-order valence-corrected chi connectivity index (χ3v) is 5.05. The lowest BCUT2D eigenvalue weighted by molar-refractivity contribution is 0.296. The lowest BCUT2D eigenvalue weighted by Gasteiger charge is -2.15. The summed E-state index contributed by atoms with van der Waals surface area (Å²) in [4.78, 5) is 1.41. The van der Waals surface area contributed by atoms with Gasteiger partial charge in [-0.25, -0.2) is 0 Å². The standard InChI is InChI=1S/C17H18OS/c1-12-6-5-8-16(13(12)2)18-10-14-11-19-17-9-4-3-7-15(14)17/h3-9,14H,10-11H2,1-2H3. The van der Waals surface area contributed by atoms with Gasteiger partial charge in [0.25, 0.3) is 0 Å². The molecule has 0 N–H and O–H groups in total. The Labute approximate surface area is 119 Å². The molecule has 1 aliphatic heterocycles. The summed E-state index contributed by atoms with van der Waals surface area (Å²) in [6.07, 6.45) is 0. The molecule has 0 spiro atoms. The second kappa shape index (κ2) is 5.30. The Morgan fingerprint density at radius 2 is 1.95 bits per heavy atom. The highest BCUT2D eigenvalue weighted by molar-refractivity contribution is 7.99. The molecule has 0 saturated heterocycles. The van der Waals surface area contributed by atoms with Crippen LogP contribution in [0.15, 0.2) is 47.4 Å². The number of benzene rings is 2. The largest absolute Gasteiger partial charge is 0.493 e. The first kappa shape index (κ1) is 12.6. The number of aryl methyl sites for hydroxylation is 1. The second-order valence-electron chi connectivity index (χ2n) is 5.05. The van der Waals surface area contributed by atoms with Crippen molar-refractivity contribution in [2.45, 2.75) is 24.7 Å². The summed E-state index contributed by atoms with van der Waals surface area (Å²) in [5, 5.41) is 0. The van der Waals surface area contributed by atoms with E-state index in [1.165, 1.54) is 21.6 Å². The fourth-order valence-electron chi connectivity index (χ4n) is 2.44. The van der Waals surface area contributed by atoms with Crippen molar-refractivity contribution in [1.82, 2.24) is 0 Å². The first-order chi connectivity index (χ1) is 9.25. The van der Waals surface area contributed by atoms with Gasteiger partial charge in [-0.3, -0.25) is 0 Å². The van der Waals surface area contributed by atoms with E-state index in [1.807, 2.05) is 11.8 Å². The fourth-order valence-corrected chi connectivity index (χ4v) is 3.67. The minimum Gasteiger partial charge on any atom is -0.493 e. The molecule has 0 aromatic heterocycles. The maximum absolute atomic E-state index is 6.05. The first-order valence-electron chi connectivity index (χ1n) is 6.66.